The van der Waals surface area contributed by atoms with Crippen LogP contribution in [0, 0.1) is 12.7 Å². The maximum Gasteiger partial charge on any atom is 0.123 e. The Morgan fingerprint density at radius 1 is 1.16 bits per heavy atom. The molecule has 2 rings (SSSR count). The van der Waals surface area contributed by atoms with E-state index in [1.54, 1.807) is 13.2 Å². The summed E-state index contributed by atoms with van der Waals surface area (Å²) in [5.41, 5.74) is 2.66. The molecule has 0 aromatic heterocycles. The van der Waals surface area contributed by atoms with Gasteiger partial charge in [-0.15, -0.1) is 11.6 Å². The van der Waals surface area contributed by atoms with Crippen LogP contribution in [0.15, 0.2) is 40.9 Å². The first-order valence-electron chi connectivity index (χ1n) is 5.76. The van der Waals surface area contributed by atoms with Crippen molar-refractivity contribution in [2.24, 2.45) is 0 Å². The molecule has 4 heteroatoms. The molecule has 2 aromatic carbocycles. The lowest BCUT2D eigenvalue weighted by molar-refractivity contribution is 0.414. The summed E-state index contributed by atoms with van der Waals surface area (Å²) in [6.45, 7) is 1.85. The SMILES string of the molecule is COc1ccc(C(Cl)c2ccc(F)cc2C)c(Br)c1. The molecule has 0 bridgehead atoms. The van der Waals surface area contributed by atoms with E-state index in [1.165, 1.54) is 12.1 Å². The van der Waals surface area contributed by atoms with Crippen LogP contribution in [0.1, 0.15) is 22.1 Å². The number of benzene rings is 2. The fraction of sp³-hybridized carbons (Fsp3) is 0.200. The first kappa shape index (κ1) is 14.4. The molecular weight excluding hydrogens is 331 g/mol. The lowest BCUT2D eigenvalue weighted by Crippen LogP contribution is -1.98. The molecule has 0 spiro atoms. The monoisotopic (exact) mass is 342 g/mol. The van der Waals surface area contributed by atoms with Crippen LogP contribution in [-0.2, 0) is 0 Å². The molecule has 0 fully saturated rings. The maximum absolute atomic E-state index is 13.1. The normalized spacial score (nSPS) is 12.3. The Morgan fingerprint density at radius 2 is 1.84 bits per heavy atom. The number of hydrogen-bond donors (Lipinski definition) is 0. The van der Waals surface area contributed by atoms with E-state index in [9.17, 15) is 4.39 Å². The zero-order chi connectivity index (χ0) is 14.0. The van der Waals surface area contributed by atoms with Crippen LogP contribution in [0.4, 0.5) is 4.39 Å². The highest BCUT2D eigenvalue weighted by Gasteiger charge is 2.16. The molecule has 0 aliphatic rings. The van der Waals surface area contributed by atoms with E-state index in [4.69, 9.17) is 16.3 Å². The van der Waals surface area contributed by atoms with E-state index in [2.05, 4.69) is 15.9 Å². The van der Waals surface area contributed by atoms with Gasteiger partial charge in [0.05, 0.1) is 12.5 Å². The Hall–Kier alpha value is -1.06. The van der Waals surface area contributed by atoms with Crippen molar-refractivity contribution in [3.8, 4) is 5.75 Å². The summed E-state index contributed by atoms with van der Waals surface area (Å²) in [6, 6.07) is 10.3. The molecule has 0 aliphatic heterocycles. The van der Waals surface area contributed by atoms with Crippen LogP contribution >= 0.6 is 27.5 Å². The number of rotatable bonds is 3. The number of ether oxygens (including phenoxy) is 1. The lowest BCUT2D eigenvalue weighted by atomic mass is 10.00. The van der Waals surface area contributed by atoms with Crippen molar-refractivity contribution >= 4 is 27.5 Å². The highest BCUT2D eigenvalue weighted by atomic mass is 79.9. The molecule has 2 aromatic rings. The molecule has 100 valence electrons. The summed E-state index contributed by atoms with van der Waals surface area (Å²) in [4.78, 5) is 0. The fourth-order valence-corrected chi connectivity index (χ4v) is 3.09. The highest BCUT2D eigenvalue weighted by molar-refractivity contribution is 9.10. The molecule has 1 nitrogen and oxygen atoms in total. The minimum absolute atomic E-state index is 0.251. The molecule has 0 heterocycles. The van der Waals surface area contributed by atoms with Gasteiger partial charge < -0.3 is 4.74 Å². The number of methoxy groups -OCH3 is 1. The summed E-state index contributed by atoms with van der Waals surface area (Å²) in [5.74, 6) is 0.509. The largest absolute Gasteiger partial charge is 0.497 e. The molecule has 1 atom stereocenters. The van der Waals surface area contributed by atoms with Crippen LogP contribution < -0.4 is 4.74 Å². The van der Waals surface area contributed by atoms with Crippen molar-refractivity contribution in [3.63, 3.8) is 0 Å². The van der Waals surface area contributed by atoms with E-state index < -0.39 is 0 Å². The summed E-state index contributed by atoms with van der Waals surface area (Å²) in [7, 11) is 1.61. The molecule has 0 amide bonds. The second kappa shape index (κ2) is 5.93. The van der Waals surface area contributed by atoms with Gasteiger partial charge in [0.2, 0.25) is 0 Å². The third-order valence-electron chi connectivity index (χ3n) is 2.99. The van der Waals surface area contributed by atoms with Crippen LogP contribution in [0.25, 0.3) is 0 Å². The first-order valence-corrected chi connectivity index (χ1v) is 6.99. The summed E-state index contributed by atoms with van der Waals surface area (Å²) >= 11 is 9.98. The van der Waals surface area contributed by atoms with Crippen molar-refractivity contribution < 1.29 is 9.13 Å². The van der Waals surface area contributed by atoms with Gasteiger partial charge >= 0.3 is 0 Å². The average molecular weight is 344 g/mol. The third-order valence-corrected chi connectivity index (χ3v) is 4.14. The lowest BCUT2D eigenvalue weighted by Gasteiger charge is -2.15. The van der Waals surface area contributed by atoms with Gasteiger partial charge in [-0.25, -0.2) is 4.39 Å². The molecule has 0 saturated carbocycles. The van der Waals surface area contributed by atoms with Crippen LogP contribution in [0.3, 0.4) is 0 Å². The first-order chi connectivity index (χ1) is 9.02. The van der Waals surface area contributed by atoms with E-state index in [0.29, 0.717) is 0 Å². The molecule has 0 radical (unpaired) electrons. The van der Waals surface area contributed by atoms with Crippen molar-refractivity contribution in [2.45, 2.75) is 12.3 Å². The molecule has 19 heavy (non-hydrogen) atoms. The second-order valence-electron chi connectivity index (χ2n) is 4.25. The molecule has 0 aliphatic carbocycles. The summed E-state index contributed by atoms with van der Waals surface area (Å²) in [5, 5.41) is -0.333. The number of halogens is 3. The predicted octanol–water partition coefficient (Wildman–Crippen LogP) is 5.23. The minimum Gasteiger partial charge on any atom is -0.497 e. The Balaban J connectivity index is 2.41. The predicted molar refractivity (Wildman–Crippen MR) is 79.5 cm³/mol. The second-order valence-corrected chi connectivity index (χ2v) is 5.54. The highest BCUT2D eigenvalue weighted by Crippen LogP contribution is 2.37. The van der Waals surface area contributed by atoms with Gasteiger partial charge in [-0.3, -0.25) is 0 Å². The molecule has 0 N–H and O–H groups in total. The maximum atomic E-state index is 13.1. The quantitative estimate of drug-likeness (QED) is 0.693. The van der Waals surface area contributed by atoms with Crippen LogP contribution in [0.2, 0.25) is 0 Å². The van der Waals surface area contributed by atoms with Gasteiger partial charge in [0.25, 0.3) is 0 Å². The standard InChI is InChI=1S/C15H13BrClFO/c1-9-7-10(18)3-5-12(9)15(17)13-6-4-11(19-2)8-14(13)16/h3-8,15H,1-2H3. The number of alkyl halides is 1. The Morgan fingerprint density at radius 3 is 2.42 bits per heavy atom. The van der Waals surface area contributed by atoms with Gasteiger partial charge in [0.1, 0.15) is 11.6 Å². The van der Waals surface area contributed by atoms with Crippen molar-refractivity contribution in [1.82, 2.24) is 0 Å². The zero-order valence-electron chi connectivity index (χ0n) is 10.6. The Labute approximate surface area is 125 Å². The summed E-state index contributed by atoms with van der Waals surface area (Å²) < 4.78 is 19.1. The van der Waals surface area contributed by atoms with E-state index >= 15 is 0 Å². The van der Waals surface area contributed by atoms with Crippen molar-refractivity contribution in [3.05, 3.63) is 63.4 Å². The average Bonchev–Trinajstić information content (AvgIpc) is 2.37. The van der Waals surface area contributed by atoms with Gasteiger partial charge in [-0.2, -0.15) is 0 Å². The number of hydrogen-bond acceptors (Lipinski definition) is 1. The van der Waals surface area contributed by atoms with Gasteiger partial charge in [-0.1, -0.05) is 28.1 Å². The zero-order valence-corrected chi connectivity index (χ0v) is 12.9. The molecule has 1 unspecified atom stereocenters. The van der Waals surface area contributed by atoms with E-state index in [-0.39, 0.29) is 11.2 Å². The van der Waals surface area contributed by atoms with Gasteiger partial charge in [-0.05, 0) is 47.9 Å². The molecule has 0 saturated heterocycles. The van der Waals surface area contributed by atoms with E-state index in [0.717, 1.165) is 26.9 Å². The molecular formula is C15H13BrClFO. The number of aryl methyl sites for hydroxylation is 1. The van der Waals surface area contributed by atoms with Crippen LogP contribution in [0.5, 0.6) is 5.75 Å². The summed E-state index contributed by atoms with van der Waals surface area (Å²) in [6.07, 6.45) is 0. The fourth-order valence-electron chi connectivity index (χ4n) is 1.93. The van der Waals surface area contributed by atoms with Crippen molar-refractivity contribution in [2.75, 3.05) is 7.11 Å². The third kappa shape index (κ3) is 3.10. The Kier molecular flexibility index (Phi) is 4.48. The van der Waals surface area contributed by atoms with E-state index in [1.807, 2.05) is 25.1 Å². The topological polar surface area (TPSA) is 9.23 Å². The van der Waals surface area contributed by atoms with Gasteiger partial charge in [0, 0.05) is 4.47 Å². The van der Waals surface area contributed by atoms with Crippen molar-refractivity contribution in [1.29, 1.82) is 0 Å². The van der Waals surface area contributed by atoms with Crippen LogP contribution in [-0.4, -0.2) is 7.11 Å². The minimum atomic E-state index is -0.333. The Bertz CT molecular complexity index is 601. The van der Waals surface area contributed by atoms with Gasteiger partial charge in [0.15, 0.2) is 0 Å². The smallest absolute Gasteiger partial charge is 0.123 e.